The Morgan fingerprint density at radius 1 is 0.800 bits per heavy atom. The molecule has 0 unspecified atom stereocenters. The van der Waals surface area contributed by atoms with Crippen molar-refractivity contribution in [3.05, 3.63) is 30.0 Å². The van der Waals surface area contributed by atoms with E-state index >= 15 is 0 Å². The summed E-state index contributed by atoms with van der Waals surface area (Å²) in [6, 6.07) is 6.45. The number of benzene rings is 1. The van der Waals surface area contributed by atoms with E-state index in [-0.39, 0.29) is 0 Å². The van der Waals surface area contributed by atoms with Crippen molar-refractivity contribution >= 4 is 10.9 Å². The van der Waals surface area contributed by atoms with Crippen LogP contribution in [0.2, 0.25) is 0 Å². The number of unbranched alkanes of at least 4 members (excludes halogenated alkanes) is 12. The van der Waals surface area contributed by atoms with E-state index in [0.29, 0.717) is 0 Å². The van der Waals surface area contributed by atoms with Crippen molar-refractivity contribution < 1.29 is 4.74 Å². The van der Waals surface area contributed by atoms with Crippen LogP contribution in [0.15, 0.2) is 24.4 Å². The summed E-state index contributed by atoms with van der Waals surface area (Å²) in [5, 5.41) is 1.31. The molecule has 0 aliphatic heterocycles. The number of aromatic amines is 1. The minimum Gasteiger partial charge on any atom is -0.494 e. The van der Waals surface area contributed by atoms with E-state index in [9.17, 15) is 0 Å². The number of fused-ring (bicyclic) bond motifs is 1. The Kier molecular flexibility index (Phi) is 12.7. The molecule has 1 N–H and O–H groups in total. The SMILES string of the molecule is CCCCCCCCCCCCCCCOc1ccc2[nH]cc(CCN(C)C)c2c1. The molecule has 1 aromatic heterocycles. The minimum absolute atomic E-state index is 0.834. The van der Waals surface area contributed by atoms with Gasteiger partial charge in [0.25, 0.3) is 0 Å². The van der Waals surface area contributed by atoms with Gasteiger partial charge in [-0.2, -0.15) is 0 Å². The molecular weight excluding hydrogens is 368 g/mol. The van der Waals surface area contributed by atoms with Gasteiger partial charge >= 0.3 is 0 Å². The largest absolute Gasteiger partial charge is 0.494 e. The monoisotopic (exact) mass is 414 g/mol. The Balaban J connectivity index is 1.50. The summed E-state index contributed by atoms with van der Waals surface area (Å²) in [4.78, 5) is 5.61. The maximum atomic E-state index is 6.04. The molecule has 0 saturated carbocycles. The maximum absolute atomic E-state index is 6.04. The maximum Gasteiger partial charge on any atom is 0.120 e. The molecular formula is C27H46N2O. The van der Waals surface area contributed by atoms with Gasteiger partial charge in [0, 0.05) is 23.6 Å². The molecule has 1 heterocycles. The third-order valence-electron chi connectivity index (χ3n) is 6.08. The number of nitrogens with zero attached hydrogens (tertiary/aromatic N) is 1. The van der Waals surface area contributed by atoms with E-state index in [0.717, 1.165) is 31.7 Å². The molecule has 0 spiro atoms. The van der Waals surface area contributed by atoms with Crippen LogP contribution in [0.5, 0.6) is 5.75 Å². The lowest BCUT2D eigenvalue weighted by Crippen LogP contribution is -2.14. The lowest BCUT2D eigenvalue weighted by Gasteiger charge is -2.09. The summed E-state index contributed by atoms with van der Waals surface area (Å²) in [7, 11) is 4.25. The molecule has 30 heavy (non-hydrogen) atoms. The zero-order chi connectivity index (χ0) is 21.4. The van der Waals surface area contributed by atoms with Crippen LogP contribution >= 0.6 is 0 Å². The number of nitrogens with one attached hydrogen (secondary N) is 1. The molecule has 0 aliphatic rings. The Bertz CT molecular complexity index is 677. The molecule has 0 amide bonds. The zero-order valence-corrected chi connectivity index (χ0v) is 20.0. The van der Waals surface area contributed by atoms with E-state index in [1.165, 1.54) is 93.5 Å². The van der Waals surface area contributed by atoms with Gasteiger partial charge in [-0.25, -0.2) is 0 Å². The number of H-pyrrole nitrogens is 1. The molecule has 0 bridgehead atoms. The highest BCUT2D eigenvalue weighted by Gasteiger charge is 2.06. The first kappa shape index (κ1) is 24.8. The zero-order valence-electron chi connectivity index (χ0n) is 20.0. The van der Waals surface area contributed by atoms with Crippen molar-refractivity contribution in [1.29, 1.82) is 0 Å². The Morgan fingerprint density at radius 3 is 2.00 bits per heavy atom. The molecule has 0 radical (unpaired) electrons. The van der Waals surface area contributed by atoms with Crippen LogP contribution in [0.4, 0.5) is 0 Å². The highest BCUT2D eigenvalue weighted by atomic mass is 16.5. The second-order valence-electron chi connectivity index (χ2n) is 9.17. The van der Waals surface area contributed by atoms with E-state index < -0.39 is 0 Å². The van der Waals surface area contributed by atoms with Gasteiger partial charge in [-0.1, -0.05) is 84.0 Å². The molecule has 3 heteroatoms. The van der Waals surface area contributed by atoms with Crippen molar-refractivity contribution in [3.63, 3.8) is 0 Å². The van der Waals surface area contributed by atoms with Crippen molar-refractivity contribution in [2.45, 2.75) is 96.8 Å². The quantitative estimate of drug-likeness (QED) is 0.253. The molecule has 170 valence electrons. The van der Waals surface area contributed by atoms with Crippen molar-refractivity contribution in [1.82, 2.24) is 9.88 Å². The van der Waals surface area contributed by atoms with Gasteiger partial charge in [-0.05, 0) is 50.7 Å². The summed E-state index contributed by atoms with van der Waals surface area (Å²) in [5.41, 5.74) is 2.59. The number of rotatable bonds is 18. The third kappa shape index (κ3) is 10.0. The Labute approximate surface area is 185 Å². The molecule has 0 aliphatic carbocycles. The number of hydrogen-bond acceptors (Lipinski definition) is 2. The molecule has 2 aromatic rings. The average molecular weight is 415 g/mol. The van der Waals surface area contributed by atoms with E-state index in [2.05, 4.69) is 55.3 Å². The molecule has 0 atom stereocenters. The predicted molar refractivity (Wildman–Crippen MR) is 132 cm³/mol. The van der Waals surface area contributed by atoms with Gasteiger partial charge in [0.05, 0.1) is 6.61 Å². The van der Waals surface area contributed by atoms with Crippen LogP contribution in [0.3, 0.4) is 0 Å². The first-order valence-electron chi connectivity index (χ1n) is 12.6. The van der Waals surface area contributed by atoms with E-state index in [1.54, 1.807) is 0 Å². The lowest BCUT2D eigenvalue weighted by atomic mass is 10.0. The van der Waals surface area contributed by atoms with Crippen LogP contribution in [-0.4, -0.2) is 37.1 Å². The van der Waals surface area contributed by atoms with Gasteiger partial charge in [0.15, 0.2) is 0 Å². The van der Waals surface area contributed by atoms with Crippen LogP contribution in [0.1, 0.15) is 96.0 Å². The summed E-state index contributed by atoms with van der Waals surface area (Å²) in [6.45, 7) is 4.19. The standard InChI is InChI=1S/C27H46N2O/c1-4-5-6-7-8-9-10-11-12-13-14-15-16-21-30-25-17-18-27-26(22-25)24(23-28-27)19-20-29(2)3/h17-18,22-23,28H,4-16,19-21H2,1-3H3. The fourth-order valence-electron chi connectivity index (χ4n) is 4.11. The van der Waals surface area contributed by atoms with E-state index in [4.69, 9.17) is 4.74 Å². The average Bonchev–Trinajstić information content (AvgIpc) is 3.14. The van der Waals surface area contributed by atoms with Gasteiger partial charge in [0.1, 0.15) is 5.75 Å². The lowest BCUT2D eigenvalue weighted by molar-refractivity contribution is 0.304. The Hall–Kier alpha value is -1.48. The summed E-state index contributed by atoms with van der Waals surface area (Å²) < 4.78 is 6.04. The summed E-state index contributed by atoms with van der Waals surface area (Å²) in [6.07, 6.45) is 21.2. The molecule has 0 saturated heterocycles. The van der Waals surface area contributed by atoms with Crippen molar-refractivity contribution in [2.75, 3.05) is 27.2 Å². The minimum atomic E-state index is 0.834. The molecule has 3 nitrogen and oxygen atoms in total. The van der Waals surface area contributed by atoms with Crippen LogP contribution in [0.25, 0.3) is 10.9 Å². The van der Waals surface area contributed by atoms with Gasteiger partial charge in [0.2, 0.25) is 0 Å². The van der Waals surface area contributed by atoms with Crippen molar-refractivity contribution in [2.24, 2.45) is 0 Å². The predicted octanol–water partition coefficient (Wildman–Crippen LogP) is 7.74. The van der Waals surface area contributed by atoms with Crippen LogP contribution in [-0.2, 0) is 6.42 Å². The molecule has 0 fully saturated rings. The van der Waals surface area contributed by atoms with Gasteiger partial charge in [-0.3, -0.25) is 0 Å². The fourth-order valence-corrected chi connectivity index (χ4v) is 4.11. The topological polar surface area (TPSA) is 28.3 Å². The second kappa shape index (κ2) is 15.3. The van der Waals surface area contributed by atoms with Gasteiger partial charge < -0.3 is 14.6 Å². The number of aromatic nitrogens is 1. The highest BCUT2D eigenvalue weighted by molar-refractivity contribution is 5.84. The fraction of sp³-hybridized carbons (Fsp3) is 0.704. The summed E-state index contributed by atoms with van der Waals surface area (Å²) >= 11 is 0. The molecule has 1 aromatic carbocycles. The first-order chi connectivity index (χ1) is 14.7. The van der Waals surface area contributed by atoms with Crippen molar-refractivity contribution in [3.8, 4) is 5.75 Å². The van der Waals surface area contributed by atoms with E-state index in [1.807, 2.05) is 0 Å². The number of ether oxygens (including phenoxy) is 1. The normalized spacial score (nSPS) is 11.6. The third-order valence-corrected chi connectivity index (χ3v) is 6.08. The Morgan fingerprint density at radius 2 is 1.40 bits per heavy atom. The second-order valence-corrected chi connectivity index (χ2v) is 9.17. The van der Waals surface area contributed by atoms with Crippen LogP contribution in [0, 0.1) is 0 Å². The first-order valence-corrected chi connectivity index (χ1v) is 12.6. The summed E-state index contributed by atoms with van der Waals surface area (Å²) in [5.74, 6) is 1.01. The highest BCUT2D eigenvalue weighted by Crippen LogP contribution is 2.24. The molecule has 2 rings (SSSR count). The number of likely N-dealkylation sites (N-methyl/N-ethyl adjacent to an activating group) is 1. The van der Waals surface area contributed by atoms with Crippen LogP contribution < -0.4 is 4.74 Å². The smallest absolute Gasteiger partial charge is 0.120 e. The number of hydrogen-bond donors (Lipinski definition) is 1. The van der Waals surface area contributed by atoms with Gasteiger partial charge in [-0.15, -0.1) is 0 Å².